The van der Waals surface area contributed by atoms with E-state index in [0.29, 0.717) is 11.3 Å². The number of nitrogens with zero attached hydrogens (tertiary/aromatic N) is 1. The van der Waals surface area contributed by atoms with Gasteiger partial charge in [0.15, 0.2) is 0 Å². The van der Waals surface area contributed by atoms with Gasteiger partial charge in [0.05, 0.1) is 5.56 Å². The third kappa shape index (κ3) is 3.17. The number of hydrogen-bond donors (Lipinski definition) is 1. The molecule has 0 bridgehead atoms. The number of aromatic amines is 1. The van der Waals surface area contributed by atoms with Gasteiger partial charge in [-0.2, -0.15) is 18.4 Å². The molecule has 0 amide bonds. The van der Waals surface area contributed by atoms with Gasteiger partial charge in [-0.1, -0.05) is 48.5 Å². The first-order chi connectivity index (χ1) is 11.9. The molecule has 1 aromatic heterocycles. The van der Waals surface area contributed by atoms with Crippen molar-refractivity contribution in [2.45, 2.75) is 6.18 Å². The molecule has 124 valence electrons. The molecule has 0 aliphatic rings. The Morgan fingerprint density at radius 1 is 0.920 bits per heavy atom. The summed E-state index contributed by atoms with van der Waals surface area (Å²) in [4.78, 5) is 14.8. The number of H-pyrrole nitrogens is 1. The highest BCUT2D eigenvalue weighted by Gasteiger charge is 2.34. The molecule has 6 heteroatoms. The monoisotopic (exact) mass is 340 g/mol. The van der Waals surface area contributed by atoms with E-state index in [1.807, 2.05) is 0 Å². The van der Waals surface area contributed by atoms with E-state index >= 15 is 0 Å². The molecule has 0 saturated carbocycles. The Labute approximate surface area is 141 Å². The maximum Gasteiger partial charge on any atom is 0.417 e. The maximum absolute atomic E-state index is 13.3. The molecule has 3 nitrogen and oxygen atoms in total. The average molecular weight is 340 g/mol. The SMILES string of the molecule is N#Cc1c(-c2ccccc2C(F)(F)F)cc(-c2ccccc2)[nH]c1=O. The maximum atomic E-state index is 13.3. The summed E-state index contributed by atoms with van der Waals surface area (Å²) in [6.07, 6.45) is -4.60. The first-order valence-electron chi connectivity index (χ1n) is 7.31. The Morgan fingerprint density at radius 3 is 2.20 bits per heavy atom. The molecule has 25 heavy (non-hydrogen) atoms. The lowest BCUT2D eigenvalue weighted by Crippen LogP contribution is -2.14. The van der Waals surface area contributed by atoms with Crippen LogP contribution in [0.5, 0.6) is 0 Å². The smallest absolute Gasteiger partial charge is 0.321 e. The molecule has 0 radical (unpaired) electrons. The van der Waals surface area contributed by atoms with Gasteiger partial charge < -0.3 is 4.98 Å². The number of pyridine rings is 1. The highest BCUT2D eigenvalue weighted by Crippen LogP contribution is 2.38. The number of aromatic nitrogens is 1. The van der Waals surface area contributed by atoms with Crippen molar-refractivity contribution in [1.29, 1.82) is 5.26 Å². The molecular formula is C19H11F3N2O. The Balaban J connectivity index is 2.33. The zero-order chi connectivity index (χ0) is 18.0. The van der Waals surface area contributed by atoms with Crippen LogP contribution in [0.15, 0.2) is 65.5 Å². The van der Waals surface area contributed by atoms with E-state index in [1.165, 1.54) is 24.3 Å². The Bertz CT molecular complexity index is 1020. The van der Waals surface area contributed by atoms with E-state index in [1.54, 1.807) is 36.4 Å². The molecule has 0 aliphatic carbocycles. The zero-order valence-electron chi connectivity index (χ0n) is 12.8. The summed E-state index contributed by atoms with van der Waals surface area (Å²) in [5, 5.41) is 9.26. The van der Waals surface area contributed by atoms with Crippen LogP contribution in [0, 0.1) is 11.3 Å². The van der Waals surface area contributed by atoms with Gasteiger partial charge in [0, 0.05) is 11.3 Å². The second-order valence-electron chi connectivity index (χ2n) is 5.32. The van der Waals surface area contributed by atoms with E-state index in [0.717, 1.165) is 6.07 Å². The molecular weight excluding hydrogens is 329 g/mol. The van der Waals surface area contributed by atoms with Crippen LogP contribution < -0.4 is 5.56 Å². The number of rotatable bonds is 2. The molecule has 0 atom stereocenters. The van der Waals surface area contributed by atoms with Crippen molar-refractivity contribution in [2.75, 3.05) is 0 Å². The summed E-state index contributed by atoms with van der Waals surface area (Å²) in [5.41, 5.74) is -1.23. The number of nitriles is 1. The van der Waals surface area contributed by atoms with Crippen molar-refractivity contribution in [3.05, 3.63) is 82.1 Å². The summed E-state index contributed by atoms with van der Waals surface area (Å²) >= 11 is 0. The van der Waals surface area contributed by atoms with Crippen LogP contribution in [-0.4, -0.2) is 4.98 Å². The van der Waals surface area contributed by atoms with Crippen molar-refractivity contribution >= 4 is 0 Å². The minimum atomic E-state index is -4.60. The predicted molar refractivity (Wildman–Crippen MR) is 87.7 cm³/mol. The Morgan fingerprint density at radius 2 is 1.56 bits per heavy atom. The normalized spacial score (nSPS) is 11.1. The number of hydrogen-bond acceptors (Lipinski definition) is 2. The van der Waals surface area contributed by atoms with Crippen LogP contribution in [0.2, 0.25) is 0 Å². The summed E-state index contributed by atoms with van der Waals surface area (Å²) in [6.45, 7) is 0. The second-order valence-corrected chi connectivity index (χ2v) is 5.32. The van der Waals surface area contributed by atoms with Crippen molar-refractivity contribution in [1.82, 2.24) is 4.98 Å². The summed E-state index contributed by atoms with van der Waals surface area (Å²) in [7, 11) is 0. The van der Waals surface area contributed by atoms with Crippen LogP contribution in [-0.2, 0) is 6.18 Å². The Kier molecular flexibility index (Phi) is 4.15. The van der Waals surface area contributed by atoms with Gasteiger partial charge in [-0.05, 0) is 23.3 Å². The standard InChI is InChI=1S/C19H11F3N2O/c20-19(21,22)16-9-5-4-8-13(16)14-10-17(12-6-2-1-3-7-12)24-18(25)15(14)11-23/h1-10H,(H,24,25). The minimum absolute atomic E-state index is 0.0435. The topological polar surface area (TPSA) is 56.6 Å². The number of nitrogens with one attached hydrogen (secondary N) is 1. The van der Waals surface area contributed by atoms with E-state index in [-0.39, 0.29) is 16.7 Å². The lowest BCUT2D eigenvalue weighted by atomic mass is 9.95. The molecule has 0 unspecified atom stereocenters. The molecule has 2 aromatic carbocycles. The Hall–Kier alpha value is -3.33. The molecule has 1 N–H and O–H groups in total. The number of benzene rings is 2. The van der Waals surface area contributed by atoms with Gasteiger partial charge in [-0.15, -0.1) is 0 Å². The molecule has 0 saturated heterocycles. The fourth-order valence-electron chi connectivity index (χ4n) is 2.62. The molecule has 3 rings (SSSR count). The predicted octanol–water partition coefficient (Wildman–Crippen LogP) is 4.60. The van der Waals surface area contributed by atoms with E-state index in [9.17, 15) is 23.2 Å². The van der Waals surface area contributed by atoms with Gasteiger partial charge in [-0.3, -0.25) is 4.79 Å². The van der Waals surface area contributed by atoms with E-state index < -0.39 is 17.3 Å². The molecule has 3 aromatic rings. The minimum Gasteiger partial charge on any atom is -0.321 e. The van der Waals surface area contributed by atoms with Crippen molar-refractivity contribution in [3.8, 4) is 28.5 Å². The number of halogens is 3. The van der Waals surface area contributed by atoms with E-state index in [4.69, 9.17) is 0 Å². The molecule has 1 heterocycles. The molecule has 0 fully saturated rings. The fraction of sp³-hybridized carbons (Fsp3) is 0.0526. The lowest BCUT2D eigenvalue weighted by Gasteiger charge is -2.14. The average Bonchev–Trinajstić information content (AvgIpc) is 2.61. The largest absolute Gasteiger partial charge is 0.417 e. The third-order valence-corrected chi connectivity index (χ3v) is 3.75. The summed E-state index contributed by atoms with van der Waals surface area (Å²) in [5.74, 6) is 0. The molecule has 0 aliphatic heterocycles. The van der Waals surface area contributed by atoms with Crippen LogP contribution in [0.1, 0.15) is 11.1 Å². The van der Waals surface area contributed by atoms with E-state index in [2.05, 4.69) is 4.98 Å². The van der Waals surface area contributed by atoms with Gasteiger partial charge in [0.1, 0.15) is 11.6 Å². The number of alkyl halides is 3. The quantitative estimate of drug-likeness (QED) is 0.741. The highest BCUT2D eigenvalue weighted by molar-refractivity contribution is 5.77. The van der Waals surface area contributed by atoms with Crippen molar-refractivity contribution in [3.63, 3.8) is 0 Å². The van der Waals surface area contributed by atoms with Gasteiger partial charge >= 0.3 is 6.18 Å². The first-order valence-corrected chi connectivity index (χ1v) is 7.31. The van der Waals surface area contributed by atoms with Gasteiger partial charge in [0.2, 0.25) is 0 Å². The van der Waals surface area contributed by atoms with Crippen LogP contribution in [0.25, 0.3) is 22.4 Å². The third-order valence-electron chi connectivity index (χ3n) is 3.75. The zero-order valence-corrected chi connectivity index (χ0v) is 12.8. The van der Waals surface area contributed by atoms with Gasteiger partial charge in [-0.25, -0.2) is 0 Å². The first kappa shape index (κ1) is 16.5. The van der Waals surface area contributed by atoms with Crippen LogP contribution in [0.3, 0.4) is 0 Å². The second kappa shape index (κ2) is 6.29. The highest BCUT2D eigenvalue weighted by atomic mass is 19.4. The summed E-state index contributed by atoms with van der Waals surface area (Å²) < 4.78 is 40.0. The van der Waals surface area contributed by atoms with Crippen molar-refractivity contribution in [2.24, 2.45) is 0 Å². The molecule has 0 spiro atoms. The van der Waals surface area contributed by atoms with Crippen LogP contribution in [0.4, 0.5) is 13.2 Å². The van der Waals surface area contributed by atoms with Crippen LogP contribution >= 0.6 is 0 Å². The summed E-state index contributed by atoms with van der Waals surface area (Å²) in [6, 6.07) is 16.7. The van der Waals surface area contributed by atoms with Crippen molar-refractivity contribution < 1.29 is 13.2 Å². The fourth-order valence-corrected chi connectivity index (χ4v) is 2.62. The lowest BCUT2D eigenvalue weighted by molar-refractivity contribution is -0.137. The van der Waals surface area contributed by atoms with Gasteiger partial charge in [0.25, 0.3) is 5.56 Å².